The Morgan fingerprint density at radius 2 is 2.00 bits per heavy atom. The Morgan fingerprint density at radius 1 is 1.20 bits per heavy atom. The van der Waals surface area contributed by atoms with E-state index in [9.17, 15) is 0 Å². The largest absolute Gasteiger partial charge is 0.254 e. The smallest absolute Gasteiger partial charge is 0.224 e. The molecular weight excluding hydrogens is 268 g/mol. The summed E-state index contributed by atoms with van der Waals surface area (Å²) in [7, 11) is 0. The van der Waals surface area contributed by atoms with Crippen molar-refractivity contribution in [2.45, 2.75) is 44.3 Å². The lowest BCUT2D eigenvalue weighted by atomic mass is 10.1. The van der Waals surface area contributed by atoms with Crippen LogP contribution >= 0.6 is 11.9 Å². The molecule has 0 aliphatic heterocycles. The van der Waals surface area contributed by atoms with Gasteiger partial charge in [0.05, 0.1) is 11.9 Å². The number of rotatable bonds is 7. The summed E-state index contributed by atoms with van der Waals surface area (Å²) in [5, 5.41) is 8.78. The maximum absolute atomic E-state index is 4.54. The number of hydrogen-bond acceptors (Lipinski definition) is 5. The molecule has 20 heavy (non-hydrogen) atoms. The summed E-state index contributed by atoms with van der Waals surface area (Å²) < 4.78 is 3.42. The average Bonchev–Trinajstić information content (AvgIpc) is 2.52. The van der Waals surface area contributed by atoms with Crippen LogP contribution < -0.4 is 4.72 Å². The van der Waals surface area contributed by atoms with Crippen LogP contribution in [-0.2, 0) is 0 Å². The highest BCUT2D eigenvalue weighted by atomic mass is 32.2. The summed E-state index contributed by atoms with van der Waals surface area (Å²) in [6, 6.07) is 10.5. The van der Waals surface area contributed by atoms with Crippen LogP contribution in [0.2, 0.25) is 0 Å². The van der Waals surface area contributed by atoms with Crippen LogP contribution in [0.5, 0.6) is 0 Å². The van der Waals surface area contributed by atoms with Crippen LogP contribution in [0.25, 0.3) is 11.3 Å². The zero-order chi connectivity index (χ0) is 14.2. The standard InChI is InChI=1S/C15H20N4S/c1-3-8-13(4-2)19-20-15-17-14(11-16-18-15)12-9-6-5-7-10-12/h5-7,9-11,13,19H,3-4,8H2,1-2H3. The molecule has 0 radical (unpaired) electrons. The zero-order valence-electron chi connectivity index (χ0n) is 11.9. The third kappa shape index (κ3) is 4.28. The molecule has 0 aliphatic rings. The van der Waals surface area contributed by atoms with E-state index in [-0.39, 0.29) is 0 Å². The first-order valence-electron chi connectivity index (χ1n) is 7.01. The monoisotopic (exact) mass is 288 g/mol. The van der Waals surface area contributed by atoms with Gasteiger partial charge < -0.3 is 0 Å². The Bertz CT molecular complexity index is 518. The number of hydrogen-bond donors (Lipinski definition) is 1. The molecule has 1 aromatic carbocycles. The maximum atomic E-state index is 4.54. The molecule has 1 heterocycles. The number of nitrogens with one attached hydrogen (secondary N) is 1. The van der Waals surface area contributed by atoms with Crippen LogP contribution in [0.4, 0.5) is 0 Å². The molecule has 1 aromatic heterocycles. The molecule has 2 aromatic rings. The first-order chi connectivity index (χ1) is 9.83. The Labute approximate surface area is 124 Å². The molecule has 0 saturated heterocycles. The van der Waals surface area contributed by atoms with E-state index < -0.39 is 0 Å². The van der Waals surface area contributed by atoms with Crippen LogP contribution in [-0.4, -0.2) is 21.2 Å². The maximum Gasteiger partial charge on any atom is 0.224 e. The Morgan fingerprint density at radius 3 is 2.70 bits per heavy atom. The third-order valence-electron chi connectivity index (χ3n) is 3.06. The van der Waals surface area contributed by atoms with Crippen molar-refractivity contribution in [3.8, 4) is 11.3 Å². The van der Waals surface area contributed by atoms with Gasteiger partial charge in [0, 0.05) is 11.6 Å². The molecule has 0 saturated carbocycles. The van der Waals surface area contributed by atoms with E-state index in [0.29, 0.717) is 11.2 Å². The molecule has 0 spiro atoms. The second-order valence-corrected chi connectivity index (χ2v) is 5.41. The van der Waals surface area contributed by atoms with Gasteiger partial charge in [0.25, 0.3) is 0 Å². The van der Waals surface area contributed by atoms with E-state index in [1.54, 1.807) is 6.20 Å². The van der Waals surface area contributed by atoms with E-state index >= 15 is 0 Å². The van der Waals surface area contributed by atoms with Crippen LogP contribution in [0, 0.1) is 0 Å². The van der Waals surface area contributed by atoms with E-state index in [1.807, 2.05) is 30.3 Å². The quantitative estimate of drug-likeness (QED) is 0.787. The van der Waals surface area contributed by atoms with Gasteiger partial charge in [-0.05, 0) is 24.8 Å². The van der Waals surface area contributed by atoms with Gasteiger partial charge in [-0.15, -0.1) is 5.10 Å². The average molecular weight is 288 g/mol. The summed E-state index contributed by atoms with van der Waals surface area (Å²) in [5.74, 6) is 0. The number of nitrogens with zero attached hydrogens (tertiary/aromatic N) is 3. The Hall–Kier alpha value is -1.46. The second-order valence-electron chi connectivity index (χ2n) is 4.60. The van der Waals surface area contributed by atoms with Gasteiger partial charge in [0.15, 0.2) is 0 Å². The van der Waals surface area contributed by atoms with Crippen LogP contribution in [0.1, 0.15) is 33.1 Å². The SMILES string of the molecule is CCCC(CC)NSc1nncc(-c2ccccc2)n1. The van der Waals surface area contributed by atoms with Crippen molar-refractivity contribution in [3.05, 3.63) is 36.5 Å². The van der Waals surface area contributed by atoms with Gasteiger partial charge in [-0.1, -0.05) is 50.6 Å². The highest BCUT2D eigenvalue weighted by Gasteiger charge is 2.08. The van der Waals surface area contributed by atoms with Crippen molar-refractivity contribution in [2.24, 2.45) is 0 Å². The van der Waals surface area contributed by atoms with Gasteiger partial charge in [0.2, 0.25) is 5.16 Å². The van der Waals surface area contributed by atoms with Gasteiger partial charge in [-0.2, -0.15) is 5.10 Å². The minimum atomic E-state index is 0.494. The zero-order valence-corrected chi connectivity index (χ0v) is 12.7. The minimum Gasteiger partial charge on any atom is -0.254 e. The lowest BCUT2D eigenvalue weighted by Gasteiger charge is -2.14. The summed E-state index contributed by atoms with van der Waals surface area (Å²) in [6.45, 7) is 4.39. The molecule has 4 nitrogen and oxygen atoms in total. The van der Waals surface area contributed by atoms with Crippen molar-refractivity contribution in [3.63, 3.8) is 0 Å². The molecule has 0 fully saturated rings. The summed E-state index contributed by atoms with van der Waals surface area (Å²) in [4.78, 5) is 4.54. The van der Waals surface area contributed by atoms with E-state index in [0.717, 1.165) is 24.1 Å². The third-order valence-corrected chi connectivity index (χ3v) is 3.86. The lowest BCUT2D eigenvalue weighted by molar-refractivity contribution is 0.553. The first kappa shape index (κ1) is 14.9. The predicted octanol–water partition coefficient (Wildman–Crippen LogP) is 3.71. The fraction of sp³-hybridized carbons (Fsp3) is 0.400. The van der Waals surface area contributed by atoms with Gasteiger partial charge in [-0.25, -0.2) is 4.98 Å². The molecule has 0 aliphatic carbocycles. The fourth-order valence-electron chi connectivity index (χ4n) is 1.91. The molecule has 5 heteroatoms. The van der Waals surface area contributed by atoms with Crippen molar-refractivity contribution in [2.75, 3.05) is 0 Å². The van der Waals surface area contributed by atoms with E-state index in [4.69, 9.17) is 0 Å². The molecule has 0 amide bonds. The second kappa shape index (κ2) is 7.97. The van der Waals surface area contributed by atoms with Crippen LogP contribution in [0.3, 0.4) is 0 Å². The van der Waals surface area contributed by atoms with Crippen molar-refractivity contribution < 1.29 is 0 Å². The Kier molecular flexibility index (Phi) is 5.95. The topological polar surface area (TPSA) is 50.7 Å². The highest BCUT2D eigenvalue weighted by Crippen LogP contribution is 2.18. The minimum absolute atomic E-state index is 0.494. The summed E-state index contributed by atoms with van der Waals surface area (Å²) in [6.07, 6.45) is 5.14. The fourth-order valence-corrected chi connectivity index (χ4v) is 2.70. The summed E-state index contributed by atoms with van der Waals surface area (Å²) in [5.41, 5.74) is 1.92. The van der Waals surface area contributed by atoms with E-state index in [2.05, 4.69) is 33.8 Å². The molecule has 0 bridgehead atoms. The molecular formula is C15H20N4S. The number of benzene rings is 1. The van der Waals surface area contributed by atoms with Gasteiger partial charge >= 0.3 is 0 Å². The molecule has 1 unspecified atom stereocenters. The Balaban J connectivity index is 2.03. The highest BCUT2D eigenvalue weighted by molar-refractivity contribution is 7.97. The first-order valence-corrected chi connectivity index (χ1v) is 7.82. The van der Waals surface area contributed by atoms with Crippen molar-refractivity contribution >= 4 is 11.9 Å². The molecule has 1 N–H and O–H groups in total. The van der Waals surface area contributed by atoms with Gasteiger partial charge in [-0.3, -0.25) is 4.72 Å². The molecule has 106 valence electrons. The summed E-state index contributed by atoms with van der Waals surface area (Å²) >= 11 is 1.47. The van der Waals surface area contributed by atoms with Crippen molar-refractivity contribution in [1.82, 2.24) is 19.9 Å². The number of aromatic nitrogens is 3. The predicted molar refractivity (Wildman–Crippen MR) is 83.2 cm³/mol. The van der Waals surface area contributed by atoms with Gasteiger partial charge in [0.1, 0.15) is 0 Å². The molecule has 1 atom stereocenters. The normalized spacial score (nSPS) is 12.3. The van der Waals surface area contributed by atoms with E-state index in [1.165, 1.54) is 18.4 Å². The molecule has 2 rings (SSSR count). The van der Waals surface area contributed by atoms with Crippen LogP contribution in [0.15, 0.2) is 41.7 Å². The lowest BCUT2D eigenvalue weighted by Crippen LogP contribution is -2.22. The van der Waals surface area contributed by atoms with Crippen molar-refractivity contribution in [1.29, 1.82) is 0 Å².